The van der Waals surface area contributed by atoms with Gasteiger partial charge in [-0.3, -0.25) is 4.79 Å². The number of nitrogens with one attached hydrogen (secondary N) is 1. The zero-order valence-corrected chi connectivity index (χ0v) is 13.9. The molecule has 0 aromatic heterocycles. The van der Waals surface area contributed by atoms with E-state index in [0.29, 0.717) is 6.42 Å². The summed E-state index contributed by atoms with van der Waals surface area (Å²) in [6.07, 6.45) is 5.13. The summed E-state index contributed by atoms with van der Waals surface area (Å²) >= 11 is 0. The summed E-state index contributed by atoms with van der Waals surface area (Å²) < 4.78 is 0. The molecule has 1 amide bonds. The van der Waals surface area contributed by atoms with Crippen molar-refractivity contribution in [2.45, 2.75) is 38.1 Å². The first-order valence-corrected chi connectivity index (χ1v) is 7.95. The molecule has 122 valence electrons. The number of carbonyl (C=O) groups is 1. The van der Waals surface area contributed by atoms with E-state index < -0.39 is 6.04 Å². The number of fused-ring (bicyclic) bond motifs is 1. The Labute approximate surface area is 143 Å². The maximum Gasteiger partial charge on any atom is 0.241 e. The fourth-order valence-corrected chi connectivity index (χ4v) is 3.08. The number of hydrogen-bond donors (Lipinski definition) is 2. The summed E-state index contributed by atoms with van der Waals surface area (Å²) in [5.41, 5.74) is 10.7. The van der Waals surface area contributed by atoms with Gasteiger partial charge in [0.1, 0.15) is 0 Å². The van der Waals surface area contributed by atoms with Gasteiger partial charge in [-0.1, -0.05) is 42.5 Å². The second kappa shape index (κ2) is 8.14. The molecule has 0 heterocycles. The molecule has 0 saturated heterocycles. The average molecular weight is 331 g/mol. The number of hydrogen-bond acceptors (Lipinski definition) is 2. The van der Waals surface area contributed by atoms with Crippen LogP contribution in [0.25, 0.3) is 0 Å². The zero-order valence-electron chi connectivity index (χ0n) is 13.1. The Bertz CT molecular complexity index is 658. The Morgan fingerprint density at radius 3 is 2.57 bits per heavy atom. The highest BCUT2D eigenvalue weighted by Crippen LogP contribution is 2.27. The molecule has 0 fully saturated rings. The van der Waals surface area contributed by atoms with Gasteiger partial charge >= 0.3 is 0 Å². The molecule has 0 radical (unpaired) electrons. The van der Waals surface area contributed by atoms with Gasteiger partial charge in [-0.15, -0.1) is 12.4 Å². The van der Waals surface area contributed by atoms with E-state index in [1.165, 1.54) is 24.0 Å². The molecule has 4 heteroatoms. The number of rotatable bonds is 4. The van der Waals surface area contributed by atoms with Gasteiger partial charge in [-0.25, -0.2) is 0 Å². The van der Waals surface area contributed by atoms with Gasteiger partial charge in [0.2, 0.25) is 5.91 Å². The van der Waals surface area contributed by atoms with Crippen LogP contribution in [-0.4, -0.2) is 11.9 Å². The monoisotopic (exact) mass is 330 g/mol. The Kier molecular flexibility index (Phi) is 6.20. The SMILES string of the molecule is Cl.NC(Cc1ccccc1)C(=O)Nc1cccc2c1CCCC2. The largest absolute Gasteiger partial charge is 0.324 e. The molecule has 2 aromatic carbocycles. The average Bonchev–Trinajstić information content (AvgIpc) is 2.56. The summed E-state index contributed by atoms with van der Waals surface area (Å²) in [5.74, 6) is -0.108. The molecular weight excluding hydrogens is 308 g/mol. The molecule has 23 heavy (non-hydrogen) atoms. The predicted octanol–water partition coefficient (Wildman–Crippen LogP) is 3.50. The molecule has 0 bridgehead atoms. The van der Waals surface area contributed by atoms with Crippen LogP contribution in [0.4, 0.5) is 5.69 Å². The molecule has 3 nitrogen and oxygen atoms in total. The van der Waals surface area contributed by atoms with Gasteiger partial charge in [0.15, 0.2) is 0 Å². The summed E-state index contributed by atoms with van der Waals surface area (Å²) in [6.45, 7) is 0. The van der Waals surface area contributed by atoms with E-state index >= 15 is 0 Å². The molecule has 1 aliphatic carbocycles. The number of benzene rings is 2. The molecule has 1 atom stereocenters. The van der Waals surface area contributed by atoms with Crippen molar-refractivity contribution in [3.8, 4) is 0 Å². The molecule has 1 aliphatic rings. The lowest BCUT2D eigenvalue weighted by Crippen LogP contribution is -2.37. The maximum absolute atomic E-state index is 12.4. The van der Waals surface area contributed by atoms with Crippen LogP contribution in [0.2, 0.25) is 0 Å². The Morgan fingerprint density at radius 1 is 1.04 bits per heavy atom. The predicted molar refractivity (Wildman–Crippen MR) is 97.1 cm³/mol. The van der Waals surface area contributed by atoms with E-state index in [1.54, 1.807) is 0 Å². The van der Waals surface area contributed by atoms with Crippen LogP contribution in [0, 0.1) is 0 Å². The Balaban J connectivity index is 0.00000192. The topological polar surface area (TPSA) is 55.1 Å². The molecule has 2 aromatic rings. The first-order chi connectivity index (χ1) is 10.7. The van der Waals surface area contributed by atoms with Crippen molar-refractivity contribution in [2.24, 2.45) is 5.73 Å². The van der Waals surface area contributed by atoms with Crippen LogP contribution in [0.15, 0.2) is 48.5 Å². The number of carbonyl (C=O) groups excluding carboxylic acids is 1. The van der Waals surface area contributed by atoms with E-state index in [1.807, 2.05) is 42.5 Å². The van der Waals surface area contributed by atoms with Crippen molar-refractivity contribution < 1.29 is 4.79 Å². The second-order valence-corrected chi connectivity index (χ2v) is 5.94. The highest BCUT2D eigenvalue weighted by molar-refractivity contribution is 5.95. The smallest absolute Gasteiger partial charge is 0.241 e. The minimum atomic E-state index is -0.526. The summed E-state index contributed by atoms with van der Waals surface area (Å²) in [5, 5.41) is 3.03. The fraction of sp³-hybridized carbons (Fsp3) is 0.316. The lowest BCUT2D eigenvalue weighted by atomic mass is 9.90. The lowest BCUT2D eigenvalue weighted by Gasteiger charge is -2.20. The van der Waals surface area contributed by atoms with Crippen molar-refractivity contribution in [1.29, 1.82) is 0 Å². The van der Waals surface area contributed by atoms with Crippen molar-refractivity contribution in [1.82, 2.24) is 0 Å². The summed E-state index contributed by atoms with van der Waals surface area (Å²) in [7, 11) is 0. The molecule has 0 spiro atoms. The Morgan fingerprint density at radius 2 is 1.78 bits per heavy atom. The van der Waals surface area contributed by atoms with E-state index in [2.05, 4.69) is 11.4 Å². The van der Waals surface area contributed by atoms with E-state index in [-0.39, 0.29) is 18.3 Å². The number of nitrogens with two attached hydrogens (primary N) is 1. The highest BCUT2D eigenvalue weighted by atomic mass is 35.5. The first kappa shape index (κ1) is 17.5. The maximum atomic E-state index is 12.4. The summed E-state index contributed by atoms with van der Waals surface area (Å²) in [6, 6.07) is 15.5. The van der Waals surface area contributed by atoms with Gasteiger partial charge in [0.25, 0.3) is 0 Å². The third-order valence-electron chi connectivity index (χ3n) is 4.29. The minimum Gasteiger partial charge on any atom is -0.324 e. The fourth-order valence-electron chi connectivity index (χ4n) is 3.08. The zero-order chi connectivity index (χ0) is 15.4. The quantitative estimate of drug-likeness (QED) is 0.901. The van der Waals surface area contributed by atoms with Gasteiger partial charge in [0.05, 0.1) is 6.04 Å². The summed E-state index contributed by atoms with van der Waals surface area (Å²) in [4.78, 5) is 12.4. The normalized spacial score (nSPS) is 14.3. The molecule has 1 unspecified atom stereocenters. The highest BCUT2D eigenvalue weighted by Gasteiger charge is 2.18. The molecule has 0 saturated carbocycles. The van der Waals surface area contributed by atoms with Crippen LogP contribution < -0.4 is 11.1 Å². The molecule has 3 rings (SSSR count). The molecule has 3 N–H and O–H groups in total. The van der Waals surface area contributed by atoms with Crippen molar-refractivity contribution >= 4 is 24.0 Å². The number of amides is 1. The van der Waals surface area contributed by atoms with Crippen LogP contribution in [0.5, 0.6) is 0 Å². The Hall–Kier alpha value is -1.84. The van der Waals surface area contributed by atoms with E-state index in [4.69, 9.17) is 5.73 Å². The number of halogens is 1. The van der Waals surface area contributed by atoms with E-state index in [9.17, 15) is 4.79 Å². The third-order valence-corrected chi connectivity index (χ3v) is 4.29. The van der Waals surface area contributed by atoms with Gasteiger partial charge in [-0.05, 0) is 54.9 Å². The van der Waals surface area contributed by atoms with E-state index in [0.717, 1.165) is 24.1 Å². The minimum absolute atomic E-state index is 0. The van der Waals surface area contributed by atoms with Crippen LogP contribution >= 0.6 is 12.4 Å². The van der Waals surface area contributed by atoms with Crippen molar-refractivity contribution in [2.75, 3.05) is 5.32 Å². The van der Waals surface area contributed by atoms with Crippen LogP contribution in [0.3, 0.4) is 0 Å². The van der Waals surface area contributed by atoms with Crippen molar-refractivity contribution in [3.05, 3.63) is 65.2 Å². The van der Waals surface area contributed by atoms with Crippen molar-refractivity contribution in [3.63, 3.8) is 0 Å². The molecular formula is C19H23ClN2O. The van der Waals surface area contributed by atoms with Crippen LogP contribution in [0.1, 0.15) is 29.5 Å². The number of aryl methyl sites for hydroxylation is 1. The van der Waals surface area contributed by atoms with Gasteiger partial charge < -0.3 is 11.1 Å². The standard InChI is InChI=1S/C19H22N2O.ClH/c20-17(13-14-7-2-1-3-8-14)19(22)21-18-12-6-10-15-9-4-5-11-16(15)18;/h1-3,6-8,10,12,17H,4-5,9,11,13,20H2,(H,21,22);1H. The lowest BCUT2D eigenvalue weighted by molar-refractivity contribution is -0.117. The van der Waals surface area contributed by atoms with Gasteiger partial charge in [-0.2, -0.15) is 0 Å². The number of anilines is 1. The molecule has 0 aliphatic heterocycles. The van der Waals surface area contributed by atoms with Crippen LogP contribution in [-0.2, 0) is 24.1 Å². The third kappa shape index (κ3) is 4.34. The second-order valence-electron chi connectivity index (χ2n) is 5.94. The van der Waals surface area contributed by atoms with Gasteiger partial charge in [0, 0.05) is 5.69 Å². The first-order valence-electron chi connectivity index (χ1n) is 7.95.